The quantitative estimate of drug-likeness (QED) is 0.733. The smallest absolute Gasteiger partial charge is 0.133 e. The molecule has 0 amide bonds. The van der Waals surface area contributed by atoms with Gasteiger partial charge < -0.3 is 15.5 Å². The Kier molecular flexibility index (Phi) is 6.73. The van der Waals surface area contributed by atoms with Gasteiger partial charge in [0.1, 0.15) is 17.5 Å². The van der Waals surface area contributed by atoms with Crippen molar-refractivity contribution in [3.8, 4) is 0 Å². The zero-order valence-corrected chi connectivity index (χ0v) is 13.5. The first-order valence-corrected chi connectivity index (χ1v) is 8.40. The summed E-state index contributed by atoms with van der Waals surface area (Å²) in [6, 6.07) is 2.03. The monoisotopic (exact) mass is 291 g/mol. The number of nitrogens with zero attached hydrogens (tertiary/aromatic N) is 3. The highest BCUT2D eigenvalue weighted by Gasteiger charge is 2.10. The van der Waals surface area contributed by atoms with Crippen molar-refractivity contribution >= 4 is 11.6 Å². The van der Waals surface area contributed by atoms with E-state index in [0.717, 1.165) is 56.4 Å². The summed E-state index contributed by atoms with van der Waals surface area (Å²) >= 11 is 0. The Morgan fingerprint density at radius 3 is 2.29 bits per heavy atom. The molecule has 0 atom stereocenters. The van der Waals surface area contributed by atoms with Gasteiger partial charge >= 0.3 is 0 Å². The van der Waals surface area contributed by atoms with Crippen LogP contribution >= 0.6 is 0 Å². The number of likely N-dealkylation sites (tertiary alicyclic amines) is 1. The van der Waals surface area contributed by atoms with Crippen molar-refractivity contribution in [2.45, 2.75) is 46.0 Å². The molecule has 0 spiro atoms. The van der Waals surface area contributed by atoms with E-state index in [0.29, 0.717) is 0 Å². The van der Waals surface area contributed by atoms with Gasteiger partial charge in [0.2, 0.25) is 0 Å². The molecule has 1 aromatic heterocycles. The summed E-state index contributed by atoms with van der Waals surface area (Å²) < 4.78 is 0. The van der Waals surface area contributed by atoms with Crippen LogP contribution in [0.5, 0.6) is 0 Å². The van der Waals surface area contributed by atoms with E-state index in [2.05, 4.69) is 39.3 Å². The van der Waals surface area contributed by atoms with Crippen molar-refractivity contribution in [1.82, 2.24) is 14.9 Å². The number of anilines is 2. The summed E-state index contributed by atoms with van der Waals surface area (Å²) in [5, 5.41) is 6.82. The minimum atomic E-state index is 0.933. The highest BCUT2D eigenvalue weighted by Crippen LogP contribution is 2.13. The lowest BCUT2D eigenvalue weighted by atomic mass is 10.3. The Morgan fingerprint density at radius 2 is 1.67 bits per heavy atom. The van der Waals surface area contributed by atoms with Gasteiger partial charge in [-0.2, -0.15) is 0 Å². The molecule has 5 nitrogen and oxygen atoms in total. The van der Waals surface area contributed by atoms with Crippen molar-refractivity contribution < 1.29 is 0 Å². The van der Waals surface area contributed by atoms with E-state index in [4.69, 9.17) is 0 Å². The molecule has 2 heterocycles. The second-order valence-corrected chi connectivity index (χ2v) is 5.71. The fourth-order valence-electron chi connectivity index (χ4n) is 2.62. The minimum absolute atomic E-state index is 0.933. The molecule has 1 aliphatic rings. The van der Waals surface area contributed by atoms with E-state index in [9.17, 15) is 0 Å². The average molecular weight is 291 g/mol. The Balaban J connectivity index is 1.90. The SMILES string of the molecule is CCCNc1cc(NCCN2CCCC2)nc(CCC)n1. The molecule has 0 unspecified atom stereocenters. The van der Waals surface area contributed by atoms with Crippen LogP contribution < -0.4 is 10.6 Å². The molecule has 1 aliphatic heterocycles. The Bertz CT molecular complexity index is 415. The van der Waals surface area contributed by atoms with E-state index in [-0.39, 0.29) is 0 Å². The minimum Gasteiger partial charge on any atom is -0.370 e. The molecule has 2 rings (SSSR count). The van der Waals surface area contributed by atoms with Gasteiger partial charge in [-0.25, -0.2) is 9.97 Å². The van der Waals surface area contributed by atoms with Gasteiger partial charge in [-0.15, -0.1) is 0 Å². The predicted octanol–water partition coefficient (Wildman–Crippen LogP) is 2.76. The van der Waals surface area contributed by atoms with Crippen molar-refractivity contribution in [1.29, 1.82) is 0 Å². The van der Waals surface area contributed by atoms with Gasteiger partial charge in [0.05, 0.1) is 0 Å². The maximum atomic E-state index is 4.61. The topological polar surface area (TPSA) is 53.1 Å². The third-order valence-electron chi connectivity index (χ3n) is 3.74. The highest BCUT2D eigenvalue weighted by molar-refractivity contribution is 5.47. The third kappa shape index (κ3) is 5.50. The molecule has 5 heteroatoms. The second-order valence-electron chi connectivity index (χ2n) is 5.71. The molecule has 1 saturated heterocycles. The van der Waals surface area contributed by atoms with Crippen LogP contribution in [0.3, 0.4) is 0 Å². The number of nitrogens with one attached hydrogen (secondary N) is 2. The number of aromatic nitrogens is 2. The van der Waals surface area contributed by atoms with Crippen molar-refractivity contribution in [3.63, 3.8) is 0 Å². The van der Waals surface area contributed by atoms with Gasteiger partial charge in [0.25, 0.3) is 0 Å². The highest BCUT2D eigenvalue weighted by atomic mass is 15.2. The molecule has 0 aliphatic carbocycles. The standard InChI is InChI=1S/C16H29N5/c1-3-7-14-19-15(17-8-4-2)13-16(20-14)18-9-12-21-10-5-6-11-21/h13H,3-12H2,1-2H3,(H2,17,18,19,20). The Labute approximate surface area is 128 Å². The van der Waals surface area contributed by atoms with Crippen LogP contribution in [0.25, 0.3) is 0 Å². The molecule has 118 valence electrons. The Hall–Kier alpha value is -1.36. The molecular formula is C16H29N5. The van der Waals surface area contributed by atoms with E-state index < -0.39 is 0 Å². The average Bonchev–Trinajstić information content (AvgIpc) is 2.99. The largest absolute Gasteiger partial charge is 0.370 e. The summed E-state index contributed by atoms with van der Waals surface area (Å²) in [7, 11) is 0. The normalized spacial score (nSPS) is 15.3. The first-order valence-electron chi connectivity index (χ1n) is 8.40. The molecule has 21 heavy (non-hydrogen) atoms. The summed E-state index contributed by atoms with van der Waals surface area (Å²) in [6.45, 7) is 9.83. The van der Waals surface area contributed by atoms with Crippen LogP contribution in [0.4, 0.5) is 11.6 Å². The first kappa shape index (κ1) is 16.0. The lowest BCUT2D eigenvalue weighted by Crippen LogP contribution is -2.26. The second kappa shape index (κ2) is 8.82. The molecular weight excluding hydrogens is 262 g/mol. The first-order chi connectivity index (χ1) is 10.3. The van der Waals surface area contributed by atoms with Crippen LogP contribution in [-0.2, 0) is 6.42 Å². The van der Waals surface area contributed by atoms with Gasteiger partial charge in [-0.1, -0.05) is 13.8 Å². The third-order valence-corrected chi connectivity index (χ3v) is 3.74. The van der Waals surface area contributed by atoms with Crippen molar-refractivity contribution in [2.24, 2.45) is 0 Å². The molecule has 2 N–H and O–H groups in total. The molecule has 1 fully saturated rings. The fraction of sp³-hybridized carbons (Fsp3) is 0.750. The maximum Gasteiger partial charge on any atom is 0.133 e. The van der Waals surface area contributed by atoms with E-state index in [1.54, 1.807) is 0 Å². The van der Waals surface area contributed by atoms with E-state index >= 15 is 0 Å². The van der Waals surface area contributed by atoms with E-state index in [1.807, 2.05) is 6.07 Å². The molecule has 0 bridgehead atoms. The lowest BCUT2D eigenvalue weighted by Gasteiger charge is -2.16. The van der Waals surface area contributed by atoms with Gasteiger partial charge in [-0.3, -0.25) is 0 Å². The van der Waals surface area contributed by atoms with Gasteiger partial charge in [0.15, 0.2) is 0 Å². The van der Waals surface area contributed by atoms with Crippen LogP contribution in [0.1, 0.15) is 45.4 Å². The van der Waals surface area contributed by atoms with Crippen LogP contribution in [0, 0.1) is 0 Å². The lowest BCUT2D eigenvalue weighted by molar-refractivity contribution is 0.352. The number of hydrogen-bond acceptors (Lipinski definition) is 5. The van der Waals surface area contributed by atoms with Crippen molar-refractivity contribution in [2.75, 3.05) is 43.4 Å². The zero-order valence-electron chi connectivity index (χ0n) is 13.5. The predicted molar refractivity (Wildman–Crippen MR) is 89.0 cm³/mol. The van der Waals surface area contributed by atoms with Crippen LogP contribution in [0.2, 0.25) is 0 Å². The van der Waals surface area contributed by atoms with Gasteiger partial charge in [-0.05, 0) is 38.8 Å². The van der Waals surface area contributed by atoms with E-state index in [1.165, 1.54) is 25.9 Å². The molecule has 0 radical (unpaired) electrons. The van der Waals surface area contributed by atoms with Crippen molar-refractivity contribution in [3.05, 3.63) is 11.9 Å². The Morgan fingerprint density at radius 1 is 1.00 bits per heavy atom. The van der Waals surface area contributed by atoms with Gasteiger partial charge in [0, 0.05) is 32.1 Å². The van der Waals surface area contributed by atoms with Crippen LogP contribution in [0.15, 0.2) is 6.07 Å². The number of aryl methyl sites for hydroxylation is 1. The summed E-state index contributed by atoms with van der Waals surface area (Å²) in [5.41, 5.74) is 0. The zero-order chi connectivity index (χ0) is 14.9. The molecule has 0 aromatic carbocycles. The summed E-state index contributed by atoms with van der Waals surface area (Å²) in [5.74, 6) is 2.83. The fourth-order valence-corrected chi connectivity index (χ4v) is 2.62. The maximum absolute atomic E-state index is 4.61. The summed E-state index contributed by atoms with van der Waals surface area (Å²) in [4.78, 5) is 11.7. The number of rotatable bonds is 9. The van der Waals surface area contributed by atoms with Crippen LogP contribution in [-0.4, -0.2) is 47.6 Å². The number of hydrogen-bond donors (Lipinski definition) is 2. The molecule has 0 saturated carbocycles. The summed E-state index contributed by atoms with van der Waals surface area (Å²) in [6.07, 6.45) is 5.80. The molecule has 1 aromatic rings.